The summed E-state index contributed by atoms with van der Waals surface area (Å²) in [5, 5.41) is 0. The quantitative estimate of drug-likeness (QED) is 0.331. The van der Waals surface area contributed by atoms with Crippen LogP contribution in [0.15, 0.2) is 78.9 Å². The summed E-state index contributed by atoms with van der Waals surface area (Å²) in [6.45, 7) is 0. The number of hydrogen-bond donors (Lipinski definition) is 0. The van der Waals surface area contributed by atoms with Gasteiger partial charge < -0.3 is 23.7 Å². The largest absolute Gasteiger partial charge is 0.493 e. The van der Waals surface area contributed by atoms with Gasteiger partial charge >= 0.3 is 5.97 Å². The van der Waals surface area contributed by atoms with E-state index in [1.807, 2.05) is 36.4 Å². The third-order valence-corrected chi connectivity index (χ3v) is 6.42. The van der Waals surface area contributed by atoms with Gasteiger partial charge in [0.2, 0.25) is 0 Å². The lowest BCUT2D eigenvalue weighted by molar-refractivity contribution is -0.151. The highest BCUT2D eigenvalue weighted by molar-refractivity contribution is 5.87. The lowest BCUT2D eigenvalue weighted by atomic mass is 10.0. The molecule has 4 atom stereocenters. The molecular weight excluding hydrogens is 444 g/mol. The molecule has 0 amide bonds. The van der Waals surface area contributed by atoms with Crippen LogP contribution in [0.1, 0.15) is 30.3 Å². The summed E-state index contributed by atoms with van der Waals surface area (Å²) >= 11 is 0. The van der Waals surface area contributed by atoms with Crippen molar-refractivity contribution >= 4 is 12.0 Å². The van der Waals surface area contributed by atoms with E-state index in [0.717, 1.165) is 28.7 Å². The Hall–Kier alpha value is -3.61. The molecule has 1 aliphatic carbocycles. The van der Waals surface area contributed by atoms with Crippen LogP contribution in [0.5, 0.6) is 11.5 Å². The summed E-state index contributed by atoms with van der Waals surface area (Å²) < 4.78 is 28.6. The number of esters is 1. The number of carbonyl (C=O) groups is 1. The molecule has 6 heteroatoms. The Bertz CT molecular complexity index is 1190. The molecular formula is C29H28O6. The highest BCUT2D eigenvalue weighted by atomic mass is 16.7. The zero-order valence-electron chi connectivity index (χ0n) is 19.8. The summed E-state index contributed by atoms with van der Waals surface area (Å²) in [7, 11) is 3.16. The van der Waals surface area contributed by atoms with Gasteiger partial charge in [-0.05, 0) is 47.7 Å². The molecule has 0 bridgehead atoms. The van der Waals surface area contributed by atoms with E-state index in [1.54, 1.807) is 32.4 Å². The van der Waals surface area contributed by atoms with Crippen LogP contribution < -0.4 is 9.47 Å². The van der Waals surface area contributed by atoms with Gasteiger partial charge in [-0.3, -0.25) is 0 Å². The standard InChI is InChI=1S/C29H28O6/c1-31-23-14-8-19(18-26(23)32-2)9-17-27(30)33-24-15-16-25-28(24)35-29(34-25)22-12-10-21(11-13-22)20-6-4-3-5-7-20/h3-14,17-18,24-25,28-29H,15-16H2,1-2H3/t24-,25+,28+,29-/m1/s1. The third kappa shape index (κ3) is 5.09. The van der Waals surface area contributed by atoms with Crippen LogP contribution in [-0.2, 0) is 19.0 Å². The van der Waals surface area contributed by atoms with Gasteiger partial charge in [0, 0.05) is 11.6 Å². The van der Waals surface area contributed by atoms with E-state index in [0.29, 0.717) is 17.9 Å². The Balaban J connectivity index is 1.19. The Morgan fingerprint density at radius 3 is 2.34 bits per heavy atom. The fourth-order valence-electron chi connectivity index (χ4n) is 4.61. The first-order chi connectivity index (χ1) is 17.1. The lowest BCUT2D eigenvalue weighted by Gasteiger charge is -2.18. The van der Waals surface area contributed by atoms with Gasteiger partial charge in [-0.1, -0.05) is 60.7 Å². The number of fused-ring (bicyclic) bond motifs is 1. The molecule has 3 aromatic rings. The maximum atomic E-state index is 12.5. The van der Waals surface area contributed by atoms with Gasteiger partial charge in [0.05, 0.1) is 20.3 Å². The molecule has 1 heterocycles. The normalized spacial score (nSPS) is 23.3. The fraction of sp³-hybridized carbons (Fsp3) is 0.276. The van der Waals surface area contributed by atoms with Crippen molar-refractivity contribution < 1.29 is 28.5 Å². The molecule has 35 heavy (non-hydrogen) atoms. The van der Waals surface area contributed by atoms with Gasteiger partial charge in [0.15, 0.2) is 17.8 Å². The number of hydrogen-bond acceptors (Lipinski definition) is 6. The summed E-state index contributed by atoms with van der Waals surface area (Å²) in [6.07, 6.45) is 3.47. The van der Waals surface area contributed by atoms with E-state index in [4.69, 9.17) is 23.7 Å². The molecule has 1 aliphatic heterocycles. The zero-order valence-corrected chi connectivity index (χ0v) is 19.8. The zero-order chi connectivity index (χ0) is 24.2. The predicted molar refractivity (Wildman–Crippen MR) is 132 cm³/mol. The van der Waals surface area contributed by atoms with Crippen LogP contribution >= 0.6 is 0 Å². The van der Waals surface area contributed by atoms with Gasteiger partial charge in [-0.2, -0.15) is 0 Å². The molecule has 0 radical (unpaired) electrons. The molecule has 0 spiro atoms. The number of ether oxygens (including phenoxy) is 5. The smallest absolute Gasteiger partial charge is 0.331 e. The van der Waals surface area contributed by atoms with Crippen molar-refractivity contribution in [2.24, 2.45) is 0 Å². The predicted octanol–water partition coefficient (Wildman–Crippen LogP) is 5.57. The maximum absolute atomic E-state index is 12.5. The molecule has 1 saturated heterocycles. The molecule has 1 saturated carbocycles. The van der Waals surface area contributed by atoms with Crippen molar-refractivity contribution in [3.05, 3.63) is 90.0 Å². The molecule has 2 aliphatic rings. The van der Waals surface area contributed by atoms with Crippen molar-refractivity contribution in [2.45, 2.75) is 37.4 Å². The topological polar surface area (TPSA) is 63.2 Å². The highest BCUT2D eigenvalue weighted by Crippen LogP contribution is 2.41. The molecule has 6 nitrogen and oxygen atoms in total. The van der Waals surface area contributed by atoms with Gasteiger partial charge in [-0.15, -0.1) is 0 Å². The number of carbonyl (C=O) groups excluding carboxylic acids is 1. The fourth-order valence-corrected chi connectivity index (χ4v) is 4.61. The molecule has 3 aromatic carbocycles. The third-order valence-electron chi connectivity index (χ3n) is 6.42. The second kappa shape index (κ2) is 10.3. The van der Waals surface area contributed by atoms with Crippen molar-refractivity contribution in [3.8, 4) is 22.6 Å². The highest BCUT2D eigenvalue weighted by Gasteiger charge is 2.47. The van der Waals surface area contributed by atoms with Crippen molar-refractivity contribution in [1.82, 2.24) is 0 Å². The van der Waals surface area contributed by atoms with Crippen LogP contribution in [0.2, 0.25) is 0 Å². The Kier molecular flexibility index (Phi) is 6.84. The second-order valence-corrected chi connectivity index (χ2v) is 8.60. The molecule has 0 N–H and O–H groups in total. The van der Waals surface area contributed by atoms with Crippen LogP contribution in [0.3, 0.4) is 0 Å². The monoisotopic (exact) mass is 472 g/mol. The Morgan fingerprint density at radius 1 is 0.857 bits per heavy atom. The number of rotatable bonds is 7. The van der Waals surface area contributed by atoms with E-state index >= 15 is 0 Å². The molecule has 0 unspecified atom stereocenters. The lowest BCUT2D eigenvalue weighted by Crippen LogP contribution is -2.30. The maximum Gasteiger partial charge on any atom is 0.331 e. The average molecular weight is 473 g/mol. The Morgan fingerprint density at radius 2 is 1.60 bits per heavy atom. The summed E-state index contributed by atoms with van der Waals surface area (Å²) in [5.74, 6) is 0.817. The SMILES string of the molecule is COc1ccc(C=CC(=O)O[C@@H]2CC[C@@H]3O[C@@H](c4ccc(-c5ccccc5)cc4)O[C@H]32)cc1OC. The van der Waals surface area contributed by atoms with Gasteiger partial charge in [0.1, 0.15) is 12.2 Å². The van der Waals surface area contributed by atoms with Gasteiger partial charge in [0.25, 0.3) is 0 Å². The molecule has 2 fully saturated rings. The number of benzene rings is 3. The van der Waals surface area contributed by atoms with E-state index in [2.05, 4.69) is 24.3 Å². The molecule has 180 valence electrons. The van der Waals surface area contributed by atoms with E-state index < -0.39 is 12.3 Å². The summed E-state index contributed by atoms with van der Waals surface area (Å²) in [5.41, 5.74) is 4.07. The minimum atomic E-state index is -0.460. The molecule has 0 aromatic heterocycles. The van der Waals surface area contributed by atoms with Crippen LogP contribution in [0, 0.1) is 0 Å². The summed E-state index contributed by atoms with van der Waals surface area (Å²) in [6, 6.07) is 23.9. The minimum Gasteiger partial charge on any atom is -0.493 e. The molecule has 5 rings (SSSR count). The van der Waals surface area contributed by atoms with Crippen molar-refractivity contribution in [2.75, 3.05) is 14.2 Å². The van der Waals surface area contributed by atoms with E-state index in [-0.39, 0.29) is 18.3 Å². The van der Waals surface area contributed by atoms with Crippen LogP contribution in [-0.4, -0.2) is 38.5 Å². The van der Waals surface area contributed by atoms with Crippen LogP contribution in [0.4, 0.5) is 0 Å². The van der Waals surface area contributed by atoms with Crippen LogP contribution in [0.25, 0.3) is 17.2 Å². The minimum absolute atomic E-state index is 0.0820. The van der Waals surface area contributed by atoms with Crippen molar-refractivity contribution in [1.29, 1.82) is 0 Å². The first-order valence-corrected chi connectivity index (χ1v) is 11.7. The Labute approximate surface area is 205 Å². The summed E-state index contributed by atoms with van der Waals surface area (Å²) in [4.78, 5) is 12.5. The van der Waals surface area contributed by atoms with E-state index in [9.17, 15) is 4.79 Å². The second-order valence-electron chi connectivity index (χ2n) is 8.60. The average Bonchev–Trinajstić information content (AvgIpc) is 3.50. The van der Waals surface area contributed by atoms with Gasteiger partial charge in [-0.25, -0.2) is 4.79 Å². The van der Waals surface area contributed by atoms with E-state index in [1.165, 1.54) is 6.08 Å². The first-order valence-electron chi connectivity index (χ1n) is 11.7. The number of methoxy groups -OCH3 is 2. The van der Waals surface area contributed by atoms with Crippen molar-refractivity contribution in [3.63, 3.8) is 0 Å². The first kappa shape index (κ1) is 23.1.